The lowest BCUT2D eigenvalue weighted by atomic mass is 10.0. The van der Waals surface area contributed by atoms with Gasteiger partial charge in [-0.3, -0.25) is 13.9 Å². The predicted octanol–water partition coefficient (Wildman–Crippen LogP) is 3.53. The number of carbonyl (C=O) groups excluding carboxylic acids is 2. The van der Waals surface area contributed by atoms with E-state index in [9.17, 15) is 18.0 Å². The second-order valence-corrected chi connectivity index (χ2v) is 10.8. The normalized spacial score (nSPS) is 15.2. The van der Waals surface area contributed by atoms with Gasteiger partial charge >= 0.3 is 0 Å². The van der Waals surface area contributed by atoms with E-state index >= 15 is 0 Å². The molecule has 3 aromatic carbocycles. The third kappa shape index (κ3) is 4.52. The number of anilines is 4. The highest BCUT2D eigenvalue weighted by atomic mass is 32.2. The van der Waals surface area contributed by atoms with Gasteiger partial charge in [0.2, 0.25) is 10.0 Å². The zero-order valence-corrected chi connectivity index (χ0v) is 20.8. The maximum absolute atomic E-state index is 13.1. The molecule has 0 radical (unpaired) electrons. The molecule has 36 heavy (non-hydrogen) atoms. The van der Waals surface area contributed by atoms with Gasteiger partial charge in [0.25, 0.3) is 11.8 Å². The largest absolute Gasteiger partial charge is 0.378 e. The van der Waals surface area contributed by atoms with Crippen LogP contribution in [0, 0.1) is 0 Å². The van der Waals surface area contributed by atoms with Crippen molar-refractivity contribution in [3.05, 3.63) is 71.8 Å². The Hall–Kier alpha value is -3.89. The van der Waals surface area contributed by atoms with E-state index in [1.807, 2.05) is 18.2 Å². The molecule has 0 aliphatic carbocycles. The highest BCUT2D eigenvalue weighted by Crippen LogP contribution is 2.38. The van der Waals surface area contributed by atoms with Crippen LogP contribution in [-0.2, 0) is 14.8 Å². The molecule has 2 amide bonds. The molecule has 1 fully saturated rings. The molecule has 0 atom stereocenters. The van der Waals surface area contributed by atoms with Gasteiger partial charge in [-0.2, -0.15) is 0 Å². The lowest BCUT2D eigenvalue weighted by Crippen LogP contribution is -2.40. The summed E-state index contributed by atoms with van der Waals surface area (Å²) >= 11 is 0. The van der Waals surface area contributed by atoms with Gasteiger partial charge in [-0.05, 0) is 42.0 Å². The molecule has 2 aliphatic heterocycles. The van der Waals surface area contributed by atoms with Crippen molar-refractivity contribution in [2.24, 2.45) is 0 Å². The van der Waals surface area contributed by atoms with Crippen molar-refractivity contribution in [1.82, 2.24) is 4.90 Å². The SMILES string of the molecule is CN(c1ccccc1-c1ccc2c(c1)Nc1ccc(C(=O)N3CCOCC3)cc1NC2=O)S(C)(=O)=O. The van der Waals surface area contributed by atoms with Gasteiger partial charge in [0.1, 0.15) is 0 Å². The number of sulfonamides is 1. The Kier molecular flexibility index (Phi) is 6.15. The van der Waals surface area contributed by atoms with Crippen LogP contribution in [0.2, 0.25) is 0 Å². The van der Waals surface area contributed by atoms with E-state index in [1.54, 1.807) is 47.4 Å². The van der Waals surface area contributed by atoms with Crippen LogP contribution in [0.5, 0.6) is 0 Å². The van der Waals surface area contributed by atoms with Crippen molar-refractivity contribution >= 4 is 44.6 Å². The van der Waals surface area contributed by atoms with E-state index in [-0.39, 0.29) is 11.8 Å². The van der Waals surface area contributed by atoms with Crippen molar-refractivity contribution in [1.29, 1.82) is 0 Å². The van der Waals surface area contributed by atoms with Gasteiger partial charge in [0.05, 0.1) is 47.8 Å². The lowest BCUT2D eigenvalue weighted by Gasteiger charge is -2.27. The number of carbonyl (C=O) groups is 2. The number of ether oxygens (including phenoxy) is 1. The number of morpholine rings is 1. The maximum atomic E-state index is 13.1. The average molecular weight is 507 g/mol. The molecule has 186 valence electrons. The predicted molar refractivity (Wildman–Crippen MR) is 140 cm³/mol. The molecular formula is C26H26N4O5S. The van der Waals surface area contributed by atoms with E-state index in [0.29, 0.717) is 65.7 Å². The molecule has 0 unspecified atom stereocenters. The molecule has 0 saturated carbocycles. The number of hydrogen-bond acceptors (Lipinski definition) is 6. The molecule has 0 spiro atoms. The topological polar surface area (TPSA) is 108 Å². The molecule has 2 N–H and O–H groups in total. The number of benzene rings is 3. The zero-order valence-electron chi connectivity index (χ0n) is 19.9. The Balaban J connectivity index is 1.50. The molecule has 9 nitrogen and oxygen atoms in total. The van der Waals surface area contributed by atoms with Gasteiger partial charge in [-0.1, -0.05) is 24.3 Å². The molecule has 10 heteroatoms. The quantitative estimate of drug-likeness (QED) is 0.561. The summed E-state index contributed by atoms with van der Waals surface area (Å²) in [7, 11) is -1.95. The number of rotatable bonds is 4. The minimum absolute atomic E-state index is 0.106. The first-order valence-corrected chi connectivity index (χ1v) is 13.3. The van der Waals surface area contributed by atoms with Crippen LogP contribution < -0.4 is 14.9 Å². The van der Waals surface area contributed by atoms with Crippen LogP contribution in [0.15, 0.2) is 60.7 Å². The van der Waals surface area contributed by atoms with Crippen LogP contribution in [0.3, 0.4) is 0 Å². The molecule has 5 rings (SSSR count). The molecule has 3 aromatic rings. The second-order valence-electron chi connectivity index (χ2n) is 8.75. The summed E-state index contributed by atoms with van der Waals surface area (Å²) in [6, 6.07) is 17.7. The van der Waals surface area contributed by atoms with Crippen molar-refractivity contribution in [3.63, 3.8) is 0 Å². The molecular weight excluding hydrogens is 480 g/mol. The standard InChI is InChI=1S/C26H26N4O5S/c1-29(36(2,33)34)24-6-4-3-5-19(24)17-7-9-20-22(15-17)27-21-10-8-18(16-23(21)28-25(20)31)26(32)30-11-13-35-14-12-30/h3-10,15-16,27H,11-14H2,1-2H3,(H,28,31). The first kappa shape index (κ1) is 23.8. The molecule has 0 aromatic heterocycles. The Labute approximate surface area is 209 Å². The van der Waals surface area contributed by atoms with Crippen LogP contribution in [0.25, 0.3) is 11.1 Å². The first-order chi connectivity index (χ1) is 17.2. The van der Waals surface area contributed by atoms with E-state index in [1.165, 1.54) is 11.4 Å². The van der Waals surface area contributed by atoms with Crippen LogP contribution in [-0.4, -0.2) is 64.7 Å². The number of para-hydroxylation sites is 1. The minimum atomic E-state index is -3.46. The molecule has 0 bridgehead atoms. The lowest BCUT2D eigenvalue weighted by molar-refractivity contribution is 0.0303. The van der Waals surface area contributed by atoms with Crippen LogP contribution in [0.4, 0.5) is 22.7 Å². The third-order valence-electron chi connectivity index (χ3n) is 6.40. The summed E-state index contributed by atoms with van der Waals surface area (Å²) in [6.45, 7) is 2.08. The summed E-state index contributed by atoms with van der Waals surface area (Å²) in [4.78, 5) is 27.7. The number of fused-ring (bicyclic) bond motifs is 2. The summed E-state index contributed by atoms with van der Waals surface area (Å²) < 4.78 is 30.9. The minimum Gasteiger partial charge on any atom is -0.378 e. The highest BCUT2D eigenvalue weighted by Gasteiger charge is 2.24. The van der Waals surface area contributed by atoms with E-state index in [4.69, 9.17) is 4.74 Å². The fourth-order valence-corrected chi connectivity index (χ4v) is 4.87. The van der Waals surface area contributed by atoms with Crippen molar-refractivity contribution in [2.75, 3.05) is 54.5 Å². The van der Waals surface area contributed by atoms with Crippen molar-refractivity contribution in [2.45, 2.75) is 0 Å². The van der Waals surface area contributed by atoms with Crippen LogP contribution >= 0.6 is 0 Å². The summed E-state index contributed by atoms with van der Waals surface area (Å²) in [6.07, 6.45) is 1.15. The first-order valence-electron chi connectivity index (χ1n) is 11.5. The Morgan fingerprint density at radius 1 is 0.917 bits per heavy atom. The number of nitrogens with zero attached hydrogens (tertiary/aromatic N) is 2. The molecule has 2 aliphatic rings. The summed E-state index contributed by atoms with van der Waals surface area (Å²) in [5.74, 6) is -0.411. The number of amides is 2. The van der Waals surface area contributed by atoms with Gasteiger partial charge in [0.15, 0.2) is 0 Å². The Morgan fingerprint density at radius 3 is 2.42 bits per heavy atom. The van der Waals surface area contributed by atoms with Gasteiger partial charge in [-0.25, -0.2) is 8.42 Å². The third-order valence-corrected chi connectivity index (χ3v) is 7.59. The summed E-state index contributed by atoms with van der Waals surface area (Å²) in [5, 5.41) is 6.21. The van der Waals surface area contributed by atoms with Crippen LogP contribution in [0.1, 0.15) is 20.7 Å². The maximum Gasteiger partial charge on any atom is 0.257 e. The molecule has 2 heterocycles. The monoisotopic (exact) mass is 506 g/mol. The van der Waals surface area contributed by atoms with E-state index < -0.39 is 10.0 Å². The fraction of sp³-hybridized carbons (Fsp3) is 0.231. The molecule has 1 saturated heterocycles. The zero-order chi connectivity index (χ0) is 25.4. The highest BCUT2D eigenvalue weighted by molar-refractivity contribution is 7.92. The fourth-order valence-electron chi connectivity index (χ4n) is 4.36. The Morgan fingerprint density at radius 2 is 1.67 bits per heavy atom. The number of nitrogens with one attached hydrogen (secondary N) is 2. The number of hydrogen-bond donors (Lipinski definition) is 2. The van der Waals surface area contributed by atoms with Gasteiger partial charge in [0, 0.05) is 31.3 Å². The van der Waals surface area contributed by atoms with E-state index in [0.717, 1.165) is 11.8 Å². The summed E-state index contributed by atoms with van der Waals surface area (Å²) in [5.41, 5.74) is 4.66. The second kappa shape index (κ2) is 9.29. The smallest absolute Gasteiger partial charge is 0.257 e. The van der Waals surface area contributed by atoms with Crippen molar-refractivity contribution in [3.8, 4) is 11.1 Å². The van der Waals surface area contributed by atoms with Gasteiger partial charge in [-0.15, -0.1) is 0 Å². The van der Waals surface area contributed by atoms with Gasteiger partial charge < -0.3 is 20.3 Å². The Bertz CT molecular complexity index is 1460. The average Bonchev–Trinajstić information content (AvgIpc) is 3.02. The van der Waals surface area contributed by atoms with Crippen molar-refractivity contribution < 1.29 is 22.7 Å². The van der Waals surface area contributed by atoms with E-state index in [2.05, 4.69) is 10.6 Å².